The molecule has 0 aliphatic heterocycles. The maximum absolute atomic E-state index is 12.2. The molecule has 0 spiro atoms. The van der Waals surface area contributed by atoms with Gasteiger partial charge in [-0.25, -0.2) is 5.32 Å². The number of rotatable bonds is 2. The molecule has 1 aromatic carbocycles. The van der Waals surface area contributed by atoms with Gasteiger partial charge in [0.1, 0.15) is 17.6 Å². The largest absolute Gasteiger partial charge is 1.00 e. The molecule has 0 aliphatic rings. The number of halogens is 1. The molecule has 0 saturated carbocycles. The van der Waals surface area contributed by atoms with E-state index in [4.69, 9.17) is 0 Å². The van der Waals surface area contributed by atoms with Gasteiger partial charge in [0.05, 0.1) is 0 Å². The molecular formula is C15H18ClN3O. The summed E-state index contributed by atoms with van der Waals surface area (Å²) >= 11 is 0. The second-order valence-electron chi connectivity index (χ2n) is 4.59. The number of amides is 1. The summed E-state index contributed by atoms with van der Waals surface area (Å²) in [5.41, 5.74) is 2.75. The quantitative estimate of drug-likeness (QED) is 0.753. The Morgan fingerprint density at radius 2 is 1.80 bits per heavy atom. The van der Waals surface area contributed by atoms with E-state index in [2.05, 4.69) is 5.32 Å². The van der Waals surface area contributed by atoms with Gasteiger partial charge >= 0.3 is 6.03 Å². The first-order chi connectivity index (χ1) is 9.08. The van der Waals surface area contributed by atoms with E-state index in [1.54, 1.807) is 10.8 Å². The van der Waals surface area contributed by atoms with Crippen molar-refractivity contribution in [3.8, 4) is 0 Å². The highest BCUT2D eigenvalue weighted by atomic mass is 35.5. The van der Waals surface area contributed by atoms with E-state index in [0.29, 0.717) is 0 Å². The van der Waals surface area contributed by atoms with Crippen LogP contribution in [0.4, 0.5) is 16.2 Å². The molecule has 1 N–H and O–H groups in total. The molecule has 4 nitrogen and oxygen atoms in total. The number of para-hydroxylation sites is 1. The molecule has 1 amide bonds. The van der Waals surface area contributed by atoms with Gasteiger partial charge in [-0.05, 0) is 19.1 Å². The number of nitrogens with one attached hydrogen (secondary N) is 1. The standard InChI is InChI=1S/C15H17N3O.ClH/c1-12-11-14(17(2)3)9-10-18(12)15(19)16-13-7-5-4-6-8-13;/h4-11H,1-3H3;1H. The molecule has 2 rings (SSSR count). The number of hydrogen-bond donors (Lipinski definition) is 1. The Balaban J connectivity index is 0.00000200. The van der Waals surface area contributed by atoms with E-state index in [9.17, 15) is 4.79 Å². The van der Waals surface area contributed by atoms with Crippen LogP contribution in [0.2, 0.25) is 0 Å². The number of carbonyl (C=O) groups is 1. The number of benzene rings is 1. The lowest BCUT2D eigenvalue weighted by molar-refractivity contribution is -0.574. The molecule has 1 heterocycles. The van der Waals surface area contributed by atoms with Crippen LogP contribution in [-0.4, -0.2) is 20.1 Å². The average Bonchev–Trinajstić information content (AvgIpc) is 2.39. The van der Waals surface area contributed by atoms with Crippen molar-refractivity contribution in [1.29, 1.82) is 0 Å². The third-order valence-electron chi connectivity index (χ3n) is 2.89. The summed E-state index contributed by atoms with van der Waals surface area (Å²) in [5, 5.41) is 2.86. The van der Waals surface area contributed by atoms with Gasteiger partial charge < -0.3 is 17.3 Å². The summed E-state index contributed by atoms with van der Waals surface area (Å²) < 4.78 is 1.60. The van der Waals surface area contributed by atoms with Crippen LogP contribution in [0.3, 0.4) is 0 Å². The first-order valence-corrected chi connectivity index (χ1v) is 6.14. The van der Waals surface area contributed by atoms with Crippen molar-refractivity contribution in [1.82, 2.24) is 0 Å². The highest BCUT2D eigenvalue weighted by Crippen LogP contribution is 2.10. The topological polar surface area (TPSA) is 36.2 Å². The molecule has 2 aromatic rings. The Morgan fingerprint density at radius 1 is 1.15 bits per heavy atom. The lowest BCUT2D eigenvalue weighted by atomic mass is 10.3. The Hall–Kier alpha value is -2.07. The van der Waals surface area contributed by atoms with Crippen LogP contribution < -0.4 is 27.2 Å². The Bertz CT molecular complexity index is 585. The second-order valence-corrected chi connectivity index (χ2v) is 4.59. The lowest BCUT2D eigenvalue weighted by Crippen LogP contribution is -3.00. The zero-order chi connectivity index (χ0) is 13.8. The van der Waals surface area contributed by atoms with Crippen LogP contribution >= 0.6 is 0 Å². The number of carbonyl (C=O) groups excluding carboxylic acids is 1. The molecule has 0 fully saturated rings. The zero-order valence-electron chi connectivity index (χ0n) is 11.8. The fraction of sp³-hybridized carbons (Fsp3) is 0.200. The van der Waals surface area contributed by atoms with Crippen molar-refractivity contribution in [3.05, 3.63) is 54.4 Å². The normalized spacial score (nSPS) is 9.55. The number of aryl methyl sites for hydroxylation is 1. The molecular weight excluding hydrogens is 274 g/mol. The fourth-order valence-corrected chi connectivity index (χ4v) is 1.81. The molecule has 106 valence electrons. The summed E-state index contributed by atoms with van der Waals surface area (Å²) in [5.74, 6) is 0. The average molecular weight is 292 g/mol. The van der Waals surface area contributed by atoms with Gasteiger partial charge in [0.15, 0.2) is 0 Å². The minimum atomic E-state index is -0.158. The third kappa shape index (κ3) is 3.71. The number of anilines is 2. The van der Waals surface area contributed by atoms with Crippen molar-refractivity contribution >= 4 is 17.4 Å². The number of aromatic nitrogens is 1. The van der Waals surface area contributed by atoms with Gasteiger partial charge in [0, 0.05) is 31.9 Å². The fourth-order valence-electron chi connectivity index (χ4n) is 1.81. The molecule has 0 saturated heterocycles. The van der Waals surface area contributed by atoms with Crippen LogP contribution in [0.25, 0.3) is 0 Å². The van der Waals surface area contributed by atoms with Gasteiger partial charge in [-0.15, -0.1) is 0 Å². The summed E-state index contributed by atoms with van der Waals surface area (Å²) in [6.07, 6.45) is 1.78. The van der Waals surface area contributed by atoms with Crippen molar-refractivity contribution in [2.45, 2.75) is 6.92 Å². The summed E-state index contributed by atoms with van der Waals surface area (Å²) in [7, 11) is 3.95. The van der Waals surface area contributed by atoms with Gasteiger partial charge in [-0.1, -0.05) is 18.2 Å². The van der Waals surface area contributed by atoms with Crippen molar-refractivity contribution < 1.29 is 21.8 Å². The molecule has 20 heavy (non-hydrogen) atoms. The predicted molar refractivity (Wildman–Crippen MR) is 76.6 cm³/mol. The Labute approximate surface area is 125 Å². The Morgan fingerprint density at radius 3 is 2.35 bits per heavy atom. The summed E-state index contributed by atoms with van der Waals surface area (Å²) in [6, 6.07) is 13.2. The first kappa shape index (κ1) is 16.0. The summed E-state index contributed by atoms with van der Waals surface area (Å²) in [6.45, 7) is 1.91. The molecule has 0 atom stereocenters. The molecule has 0 aliphatic carbocycles. The molecule has 0 unspecified atom stereocenters. The van der Waals surface area contributed by atoms with Crippen LogP contribution in [0.15, 0.2) is 48.7 Å². The highest BCUT2D eigenvalue weighted by Gasteiger charge is 2.16. The van der Waals surface area contributed by atoms with E-state index in [-0.39, 0.29) is 18.4 Å². The minimum Gasteiger partial charge on any atom is -1.00 e. The number of pyridine rings is 1. The maximum Gasteiger partial charge on any atom is 0.501 e. The van der Waals surface area contributed by atoms with E-state index < -0.39 is 0 Å². The van der Waals surface area contributed by atoms with Gasteiger partial charge in [0.2, 0.25) is 0 Å². The van der Waals surface area contributed by atoms with Gasteiger partial charge in [-0.2, -0.15) is 9.36 Å². The molecule has 0 radical (unpaired) electrons. The molecule has 1 aromatic heterocycles. The van der Waals surface area contributed by atoms with Crippen molar-refractivity contribution in [2.75, 3.05) is 24.3 Å². The monoisotopic (exact) mass is 291 g/mol. The Kier molecular flexibility index (Phi) is 5.53. The first-order valence-electron chi connectivity index (χ1n) is 6.14. The minimum absolute atomic E-state index is 0. The van der Waals surface area contributed by atoms with Crippen LogP contribution in [0.1, 0.15) is 5.69 Å². The third-order valence-corrected chi connectivity index (χ3v) is 2.89. The van der Waals surface area contributed by atoms with Crippen molar-refractivity contribution in [2.24, 2.45) is 0 Å². The van der Waals surface area contributed by atoms with Crippen LogP contribution in [0, 0.1) is 6.92 Å². The number of hydrogen-bond acceptors (Lipinski definition) is 2. The molecule has 0 bridgehead atoms. The lowest BCUT2D eigenvalue weighted by Gasteiger charge is -2.12. The SMILES string of the molecule is Cc1cc(N(C)C)cc[n+]1C(=O)Nc1ccccc1.[Cl-]. The number of nitrogens with zero attached hydrogens (tertiary/aromatic N) is 2. The van der Waals surface area contributed by atoms with Crippen LogP contribution in [-0.2, 0) is 0 Å². The van der Waals surface area contributed by atoms with Crippen LogP contribution in [0.5, 0.6) is 0 Å². The van der Waals surface area contributed by atoms with Gasteiger partial charge in [-0.3, -0.25) is 0 Å². The van der Waals surface area contributed by atoms with E-state index >= 15 is 0 Å². The predicted octanol–water partition coefficient (Wildman–Crippen LogP) is -0.567. The van der Waals surface area contributed by atoms with E-state index in [0.717, 1.165) is 17.1 Å². The van der Waals surface area contributed by atoms with Gasteiger partial charge in [0.25, 0.3) is 0 Å². The van der Waals surface area contributed by atoms with E-state index in [1.165, 1.54) is 0 Å². The molecule has 5 heteroatoms. The zero-order valence-corrected chi connectivity index (χ0v) is 12.6. The smallest absolute Gasteiger partial charge is 0.501 e. The van der Waals surface area contributed by atoms with E-state index in [1.807, 2.05) is 68.4 Å². The van der Waals surface area contributed by atoms with Crippen molar-refractivity contribution in [3.63, 3.8) is 0 Å². The highest BCUT2D eigenvalue weighted by molar-refractivity contribution is 5.82. The second kappa shape index (κ2) is 6.91. The maximum atomic E-state index is 12.2. The summed E-state index contributed by atoms with van der Waals surface area (Å²) in [4.78, 5) is 14.2.